The summed E-state index contributed by atoms with van der Waals surface area (Å²) >= 11 is 2.51. The van der Waals surface area contributed by atoms with Gasteiger partial charge in [0.1, 0.15) is 0 Å². The summed E-state index contributed by atoms with van der Waals surface area (Å²) in [7, 11) is 0. The molecule has 1 saturated heterocycles. The quantitative estimate of drug-likeness (QED) is 0.198. The van der Waals surface area contributed by atoms with Gasteiger partial charge in [0, 0.05) is 0 Å². The molecule has 2 spiro atoms. The molecular weight excluding hydrogens is 471 g/mol. The Hall–Kier alpha value is -2.77. The van der Waals surface area contributed by atoms with E-state index in [1.54, 1.807) is 0 Å². The molecule has 5 aromatic carbocycles. The Morgan fingerprint density at radius 1 is 0.469 bits per heavy atom. The molecule has 0 nitrogen and oxygen atoms in total. The molecule has 0 N–H and O–H groups in total. The molecule has 3 aliphatic rings. The molecule has 1 atom stereocenters. The fourth-order valence-electron chi connectivity index (χ4n) is 6.06. The van der Waals surface area contributed by atoms with Crippen molar-refractivity contribution < 1.29 is 0 Å². The van der Waals surface area contributed by atoms with E-state index in [-0.39, 0.29) is 9.49 Å². The first-order valence-corrected chi connectivity index (χ1v) is 13.6. The van der Waals surface area contributed by atoms with Crippen molar-refractivity contribution in [2.45, 2.75) is 9.49 Å². The van der Waals surface area contributed by atoms with Gasteiger partial charge >= 0.3 is 198 Å². The van der Waals surface area contributed by atoms with Crippen LogP contribution in [0.25, 0.3) is 21.9 Å². The van der Waals surface area contributed by atoms with Crippen molar-refractivity contribution in [3.8, 4) is 11.1 Å². The molecule has 1 aliphatic carbocycles. The third-order valence-electron chi connectivity index (χ3n) is 7.37. The summed E-state index contributed by atoms with van der Waals surface area (Å²) < 4.78 is 2.96. The molecule has 2 heteroatoms. The van der Waals surface area contributed by atoms with Crippen LogP contribution in [0.15, 0.2) is 109 Å². The predicted molar refractivity (Wildman–Crippen MR) is 136 cm³/mol. The van der Waals surface area contributed by atoms with Crippen LogP contribution >= 0.6 is 11.8 Å². The van der Waals surface area contributed by atoms with Crippen LogP contribution in [0.3, 0.4) is 0 Å². The number of hydrogen-bond donors (Lipinski definition) is 0. The second-order valence-corrected chi connectivity index (χ2v) is 12.6. The van der Waals surface area contributed by atoms with Gasteiger partial charge in [0.25, 0.3) is 0 Å². The zero-order valence-corrected chi connectivity index (χ0v) is 19.7. The molecule has 0 bridgehead atoms. The number of rotatable bonds is 0. The first-order chi connectivity index (χ1) is 15.8. The van der Waals surface area contributed by atoms with Gasteiger partial charge in [0.05, 0.1) is 0 Å². The molecule has 0 saturated carbocycles. The van der Waals surface area contributed by atoms with Crippen LogP contribution in [0, 0.1) is 0 Å². The summed E-state index contributed by atoms with van der Waals surface area (Å²) in [4.78, 5) is 0. The molecule has 0 radical (unpaired) electrons. The van der Waals surface area contributed by atoms with Gasteiger partial charge in [-0.2, -0.15) is 0 Å². The van der Waals surface area contributed by atoms with E-state index >= 15 is 0 Å². The molecule has 32 heavy (non-hydrogen) atoms. The number of fused-ring (bicyclic) bond motifs is 11. The average molecular weight is 490 g/mol. The molecule has 0 aromatic heterocycles. The molecule has 0 amide bonds. The van der Waals surface area contributed by atoms with Crippen molar-refractivity contribution in [2.75, 3.05) is 0 Å². The van der Waals surface area contributed by atoms with Crippen LogP contribution in [0.2, 0.25) is 0 Å². The van der Waals surface area contributed by atoms with Crippen molar-refractivity contribution in [1.82, 2.24) is 0 Å². The van der Waals surface area contributed by atoms with Crippen molar-refractivity contribution in [3.05, 3.63) is 131 Å². The minimum absolute atomic E-state index is 0.0516. The third kappa shape index (κ3) is 1.94. The van der Waals surface area contributed by atoms with Crippen LogP contribution in [0.1, 0.15) is 22.3 Å². The van der Waals surface area contributed by atoms with Gasteiger partial charge in [-0.25, -0.2) is 0 Å². The van der Waals surface area contributed by atoms with Gasteiger partial charge in [-0.15, -0.1) is 0 Å². The number of thioether (sulfide) groups is 1. The Kier molecular flexibility index (Phi) is 3.31. The molecule has 2 heterocycles. The maximum absolute atomic E-state index is 2.48. The first kappa shape index (κ1) is 17.7. The van der Waals surface area contributed by atoms with E-state index in [2.05, 4.69) is 121 Å². The molecular formula is C30H18SSe. The van der Waals surface area contributed by atoms with Gasteiger partial charge in [-0.1, -0.05) is 0 Å². The zero-order valence-electron chi connectivity index (χ0n) is 17.2. The molecule has 1 unspecified atom stereocenters. The summed E-state index contributed by atoms with van der Waals surface area (Å²) in [6.07, 6.45) is 0. The first-order valence-electron chi connectivity index (χ1n) is 11.0. The Morgan fingerprint density at radius 3 is 1.72 bits per heavy atom. The van der Waals surface area contributed by atoms with E-state index in [1.165, 1.54) is 53.1 Å². The second kappa shape index (κ2) is 5.97. The van der Waals surface area contributed by atoms with E-state index in [4.69, 9.17) is 0 Å². The van der Waals surface area contributed by atoms with Crippen LogP contribution in [-0.4, -0.2) is 15.0 Å². The molecule has 1 fully saturated rings. The number of benzene rings is 5. The van der Waals surface area contributed by atoms with Crippen LogP contribution < -0.4 is 8.92 Å². The average Bonchev–Trinajstić information content (AvgIpc) is 3.47. The van der Waals surface area contributed by atoms with Crippen LogP contribution in [0.4, 0.5) is 0 Å². The van der Waals surface area contributed by atoms with Crippen molar-refractivity contribution >= 4 is 46.4 Å². The Bertz CT molecular complexity index is 1550. The topological polar surface area (TPSA) is 0 Å². The van der Waals surface area contributed by atoms with Gasteiger partial charge in [-0.05, 0) is 0 Å². The fourth-order valence-corrected chi connectivity index (χ4v) is 10.8. The molecule has 8 rings (SSSR count). The summed E-state index contributed by atoms with van der Waals surface area (Å²) in [6, 6.07) is 41.3. The van der Waals surface area contributed by atoms with E-state index in [0.29, 0.717) is 15.0 Å². The summed E-state index contributed by atoms with van der Waals surface area (Å²) in [5.74, 6) is 0. The zero-order chi connectivity index (χ0) is 20.9. The second-order valence-electron chi connectivity index (χ2n) is 8.85. The van der Waals surface area contributed by atoms with Crippen LogP contribution in [0.5, 0.6) is 0 Å². The normalized spacial score (nSPS) is 20.6. The Labute approximate surface area is 197 Å². The van der Waals surface area contributed by atoms with E-state index in [0.717, 1.165) is 0 Å². The minimum atomic E-state index is -0.0638. The maximum atomic E-state index is 2.48. The van der Waals surface area contributed by atoms with Crippen molar-refractivity contribution in [2.24, 2.45) is 0 Å². The fraction of sp³-hybridized carbons (Fsp3) is 0.0667. The van der Waals surface area contributed by atoms with Gasteiger partial charge < -0.3 is 0 Å². The van der Waals surface area contributed by atoms with Gasteiger partial charge in [0.15, 0.2) is 0 Å². The van der Waals surface area contributed by atoms with Crippen LogP contribution in [-0.2, 0) is 9.49 Å². The molecule has 5 aromatic rings. The van der Waals surface area contributed by atoms with Gasteiger partial charge in [0.2, 0.25) is 0 Å². The molecule has 2 aliphatic heterocycles. The third-order valence-corrected chi connectivity index (χ3v) is 11.7. The SMILES string of the molecule is c1ccc2c(c1)[Se]c1ccccc1C21SC12c1ccccc1-c1cc3ccccc3cc12. The predicted octanol–water partition coefficient (Wildman–Crippen LogP) is 5.72. The summed E-state index contributed by atoms with van der Waals surface area (Å²) in [5.41, 5.74) is 8.84. The van der Waals surface area contributed by atoms with E-state index in [9.17, 15) is 0 Å². The summed E-state index contributed by atoms with van der Waals surface area (Å²) in [6.45, 7) is 0. The number of hydrogen-bond acceptors (Lipinski definition) is 1. The summed E-state index contributed by atoms with van der Waals surface area (Å²) in [5, 5.41) is 2.66. The monoisotopic (exact) mass is 490 g/mol. The molecule has 150 valence electrons. The van der Waals surface area contributed by atoms with Gasteiger partial charge in [-0.3, -0.25) is 0 Å². The van der Waals surface area contributed by atoms with E-state index in [1.807, 2.05) is 0 Å². The van der Waals surface area contributed by atoms with E-state index < -0.39 is 0 Å². The Balaban J connectivity index is 1.52. The van der Waals surface area contributed by atoms with Crippen molar-refractivity contribution in [3.63, 3.8) is 0 Å². The standard InChI is InChI=1S/C30H18SSe/c1-2-10-20-18-26-22(17-19(20)9-1)21-11-3-4-12-23(21)29(26)30(31-29)24-13-5-7-15-27(24)32-28-16-8-6-14-25(28)30/h1-18H. The van der Waals surface area contributed by atoms with Crippen molar-refractivity contribution in [1.29, 1.82) is 0 Å². The Morgan fingerprint density at radius 2 is 1.00 bits per heavy atom.